The van der Waals surface area contributed by atoms with Crippen molar-refractivity contribution in [2.24, 2.45) is 0 Å². The lowest BCUT2D eigenvalue weighted by molar-refractivity contribution is 0.415. The van der Waals surface area contributed by atoms with Crippen LogP contribution in [0, 0.1) is 6.92 Å². The van der Waals surface area contributed by atoms with Gasteiger partial charge in [0.05, 0.1) is 23.9 Å². The van der Waals surface area contributed by atoms with Crippen molar-refractivity contribution in [3.63, 3.8) is 0 Å². The number of H-pyrrole nitrogens is 1. The molecule has 126 valence electrons. The van der Waals surface area contributed by atoms with Crippen LogP contribution in [0.4, 0.5) is 0 Å². The van der Waals surface area contributed by atoms with Crippen LogP contribution < -0.4 is 4.74 Å². The lowest BCUT2D eigenvalue weighted by Gasteiger charge is -1.96. The number of nitrogens with zero attached hydrogens (tertiary/aromatic N) is 3. The Morgan fingerprint density at radius 3 is 2.76 bits per heavy atom. The van der Waals surface area contributed by atoms with Gasteiger partial charge in [-0.05, 0) is 31.2 Å². The zero-order valence-electron chi connectivity index (χ0n) is 13.8. The fourth-order valence-corrected chi connectivity index (χ4v) is 3.14. The lowest BCUT2D eigenvalue weighted by Crippen LogP contribution is -1.81. The second-order valence-electron chi connectivity index (χ2n) is 5.58. The van der Waals surface area contributed by atoms with Gasteiger partial charge in [0.2, 0.25) is 11.8 Å². The topological polar surface area (TPSA) is 76.8 Å². The van der Waals surface area contributed by atoms with Crippen molar-refractivity contribution >= 4 is 22.8 Å². The van der Waals surface area contributed by atoms with Gasteiger partial charge < -0.3 is 14.1 Å². The highest BCUT2D eigenvalue weighted by molar-refractivity contribution is 7.98. The van der Waals surface area contributed by atoms with Crippen molar-refractivity contribution in [2.45, 2.75) is 17.8 Å². The highest BCUT2D eigenvalue weighted by Crippen LogP contribution is 2.26. The summed E-state index contributed by atoms with van der Waals surface area (Å²) in [4.78, 5) is 7.81. The first-order valence-corrected chi connectivity index (χ1v) is 8.76. The smallest absolute Gasteiger partial charge is 0.247 e. The number of imidazole rings is 1. The Labute approximate surface area is 148 Å². The fraction of sp³-hybridized carbons (Fsp3) is 0.167. The fourth-order valence-electron chi connectivity index (χ4n) is 2.42. The molecule has 0 unspecified atom stereocenters. The molecule has 0 radical (unpaired) electrons. The standard InChI is InChI=1S/C18H16N4O2S/c1-11-3-5-12(6-4-11)17-22-21-16(24-17)10-25-18-19-14-8-7-13(23-2)9-15(14)20-18/h3-9H,10H2,1-2H3,(H,19,20). The summed E-state index contributed by atoms with van der Waals surface area (Å²) in [5.74, 6) is 2.45. The Kier molecular flexibility index (Phi) is 4.15. The second-order valence-corrected chi connectivity index (χ2v) is 6.54. The van der Waals surface area contributed by atoms with E-state index >= 15 is 0 Å². The summed E-state index contributed by atoms with van der Waals surface area (Å²) in [5, 5.41) is 9.03. The normalized spacial score (nSPS) is 11.1. The van der Waals surface area contributed by atoms with Crippen LogP contribution in [0.3, 0.4) is 0 Å². The molecular formula is C18H16N4O2S. The number of hydrogen-bond donors (Lipinski definition) is 1. The summed E-state index contributed by atoms with van der Waals surface area (Å²) in [5.41, 5.74) is 3.95. The summed E-state index contributed by atoms with van der Waals surface area (Å²) in [6.07, 6.45) is 0. The molecule has 0 aliphatic heterocycles. The van der Waals surface area contributed by atoms with Crippen molar-refractivity contribution in [3.05, 3.63) is 53.9 Å². The lowest BCUT2D eigenvalue weighted by atomic mass is 10.1. The van der Waals surface area contributed by atoms with Gasteiger partial charge in [-0.2, -0.15) is 0 Å². The van der Waals surface area contributed by atoms with Crippen molar-refractivity contribution in [2.75, 3.05) is 7.11 Å². The van der Waals surface area contributed by atoms with Gasteiger partial charge in [-0.3, -0.25) is 0 Å². The van der Waals surface area contributed by atoms with Crippen molar-refractivity contribution < 1.29 is 9.15 Å². The highest BCUT2D eigenvalue weighted by Gasteiger charge is 2.11. The minimum Gasteiger partial charge on any atom is -0.497 e. The molecule has 4 aromatic rings. The molecule has 0 amide bonds. The number of aryl methyl sites for hydroxylation is 1. The first-order chi connectivity index (χ1) is 12.2. The Morgan fingerprint density at radius 1 is 1.12 bits per heavy atom. The first kappa shape index (κ1) is 15.7. The van der Waals surface area contributed by atoms with E-state index in [1.165, 1.54) is 17.3 Å². The third-order valence-electron chi connectivity index (χ3n) is 3.77. The highest BCUT2D eigenvalue weighted by atomic mass is 32.2. The second kappa shape index (κ2) is 6.60. The van der Waals surface area contributed by atoms with Gasteiger partial charge in [0, 0.05) is 11.6 Å². The van der Waals surface area contributed by atoms with Crippen LogP contribution in [-0.4, -0.2) is 27.3 Å². The van der Waals surface area contributed by atoms with Gasteiger partial charge in [-0.15, -0.1) is 10.2 Å². The third kappa shape index (κ3) is 3.36. The van der Waals surface area contributed by atoms with E-state index < -0.39 is 0 Å². The Hall–Kier alpha value is -2.80. The molecule has 2 aromatic carbocycles. The molecule has 7 heteroatoms. The minimum atomic E-state index is 0.532. The molecule has 0 spiro atoms. The molecule has 6 nitrogen and oxygen atoms in total. The summed E-state index contributed by atoms with van der Waals surface area (Å²) in [7, 11) is 1.65. The molecule has 0 saturated heterocycles. The molecule has 0 saturated carbocycles. The van der Waals surface area contributed by atoms with E-state index in [4.69, 9.17) is 9.15 Å². The number of fused-ring (bicyclic) bond motifs is 1. The van der Waals surface area contributed by atoms with E-state index in [2.05, 4.69) is 20.2 Å². The van der Waals surface area contributed by atoms with Gasteiger partial charge in [0.1, 0.15) is 5.75 Å². The van der Waals surface area contributed by atoms with Crippen LogP contribution in [0.5, 0.6) is 5.75 Å². The van der Waals surface area contributed by atoms with E-state index in [0.717, 1.165) is 27.5 Å². The maximum atomic E-state index is 5.74. The molecule has 0 aliphatic rings. The molecule has 1 N–H and O–H groups in total. The van der Waals surface area contributed by atoms with Crippen LogP contribution in [0.15, 0.2) is 52.0 Å². The van der Waals surface area contributed by atoms with E-state index in [1.807, 2.05) is 49.4 Å². The number of methoxy groups -OCH3 is 1. The Morgan fingerprint density at radius 2 is 1.96 bits per heavy atom. The maximum absolute atomic E-state index is 5.74. The van der Waals surface area contributed by atoms with Crippen LogP contribution in [-0.2, 0) is 5.75 Å². The Bertz CT molecular complexity index is 1010. The number of ether oxygens (including phenoxy) is 1. The summed E-state index contributed by atoms with van der Waals surface area (Å²) < 4.78 is 11.0. The van der Waals surface area contributed by atoms with Crippen LogP contribution in [0.1, 0.15) is 11.5 Å². The van der Waals surface area contributed by atoms with Crippen LogP contribution >= 0.6 is 11.8 Å². The molecular weight excluding hydrogens is 336 g/mol. The first-order valence-electron chi connectivity index (χ1n) is 7.77. The molecule has 0 aliphatic carbocycles. The predicted molar refractivity (Wildman–Crippen MR) is 96.7 cm³/mol. The van der Waals surface area contributed by atoms with E-state index in [0.29, 0.717) is 17.5 Å². The average Bonchev–Trinajstić information content (AvgIpc) is 3.26. The average molecular weight is 352 g/mol. The molecule has 2 aromatic heterocycles. The number of aromatic nitrogens is 4. The number of nitrogens with one attached hydrogen (secondary N) is 1. The van der Waals surface area contributed by atoms with Crippen molar-refractivity contribution in [1.82, 2.24) is 20.2 Å². The van der Waals surface area contributed by atoms with Gasteiger partial charge >= 0.3 is 0 Å². The van der Waals surface area contributed by atoms with E-state index in [1.54, 1.807) is 7.11 Å². The number of rotatable bonds is 5. The third-order valence-corrected chi connectivity index (χ3v) is 4.62. The molecule has 4 rings (SSSR count). The SMILES string of the molecule is COc1ccc2nc(SCc3nnc(-c4ccc(C)cc4)o3)[nH]c2c1. The van der Waals surface area contributed by atoms with E-state index in [-0.39, 0.29) is 0 Å². The number of benzene rings is 2. The molecule has 0 bridgehead atoms. The largest absolute Gasteiger partial charge is 0.497 e. The minimum absolute atomic E-state index is 0.532. The van der Waals surface area contributed by atoms with Crippen LogP contribution in [0.2, 0.25) is 0 Å². The molecule has 0 fully saturated rings. The van der Waals surface area contributed by atoms with Gasteiger partial charge in [-0.1, -0.05) is 29.5 Å². The maximum Gasteiger partial charge on any atom is 0.247 e. The summed E-state index contributed by atoms with van der Waals surface area (Å²) in [6.45, 7) is 2.04. The summed E-state index contributed by atoms with van der Waals surface area (Å²) in [6, 6.07) is 13.8. The van der Waals surface area contributed by atoms with Crippen molar-refractivity contribution in [3.8, 4) is 17.2 Å². The predicted octanol–water partition coefficient (Wildman–Crippen LogP) is 4.22. The Balaban J connectivity index is 1.47. The van der Waals surface area contributed by atoms with Gasteiger partial charge in [0.15, 0.2) is 5.16 Å². The van der Waals surface area contributed by atoms with Gasteiger partial charge in [0.25, 0.3) is 0 Å². The number of aromatic amines is 1. The molecule has 25 heavy (non-hydrogen) atoms. The van der Waals surface area contributed by atoms with Gasteiger partial charge in [-0.25, -0.2) is 4.98 Å². The van der Waals surface area contributed by atoms with E-state index in [9.17, 15) is 0 Å². The van der Waals surface area contributed by atoms with Crippen molar-refractivity contribution in [1.29, 1.82) is 0 Å². The molecule has 2 heterocycles. The monoisotopic (exact) mass is 352 g/mol. The number of hydrogen-bond acceptors (Lipinski definition) is 6. The molecule has 0 atom stereocenters. The number of thioether (sulfide) groups is 1. The zero-order valence-corrected chi connectivity index (χ0v) is 14.6. The quantitative estimate of drug-likeness (QED) is 0.542. The zero-order chi connectivity index (χ0) is 17.2. The summed E-state index contributed by atoms with van der Waals surface area (Å²) >= 11 is 1.52. The van der Waals surface area contributed by atoms with Crippen LogP contribution in [0.25, 0.3) is 22.5 Å².